The fraction of sp³-hybridized carbons (Fsp3) is 0.158. The second-order valence-corrected chi connectivity index (χ2v) is 6.65. The average molecular weight is 355 g/mol. The van der Waals surface area contributed by atoms with Crippen LogP contribution >= 0.6 is 11.3 Å². The zero-order chi connectivity index (χ0) is 17.8. The van der Waals surface area contributed by atoms with E-state index < -0.39 is 0 Å². The van der Waals surface area contributed by atoms with Crippen molar-refractivity contribution >= 4 is 28.1 Å². The summed E-state index contributed by atoms with van der Waals surface area (Å²) in [6.07, 6.45) is 0. The van der Waals surface area contributed by atoms with E-state index in [0.717, 1.165) is 16.8 Å². The standard InChI is InChI=1S/C19H18FN3OS/c1-12-3-8-16(13(2)9-12)22-19-23-17(11-25-19)18(24)21-10-14-4-6-15(20)7-5-14/h3-9,11H,10H2,1-2H3,(H,21,24)(H,22,23). The summed E-state index contributed by atoms with van der Waals surface area (Å²) in [5.74, 6) is -0.550. The Morgan fingerprint density at radius 1 is 1.16 bits per heavy atom. The summed E-state index contributed by atoms with van der Waals surface area (Å²) in [6.45, 7) is 4.40. The number of carbonyl (C=O) groups is 1. The number of aromatic nitrogens is 1. The zero-order valence-corrected chi connectivity index (χ0v) is 14.8. The van der Waals surface area contributed by atoms with Gasteiger partial charge in [0.1, 0.15) is 11.5 Å². The molecule has 0 radical (unpaired) electrons. The number of amides is 1. The maximum Gasteiger partial charge on any atom is 0.271 e. The molecule has 0 spiro atoms. The molecule has 0 aliphatic carbocycles. The number of carbonyl (C=O) groups excluding carboxylic acids is 1. The van der Waals surface area contributed by atoms with Crippen molar-refractivity contribution < 1.29 is 9.18 Å². The maximum atomic E-state index is 12.9. The Hall–Kier alpha value is -2.73. The summed E-state index contributed by atoms with van der Waals surface area (Å²) in [5, 5.41) is 8.41. The lowest BCUT2D eigenvalue weighted by atomic mass is 10.1. The van der Waals surface area contributed by atoms with Crippen molar-refractivity contribution in [2.45, 2.75) is 20.4 Å². The highest BCUT2D eigenvalue weighted by Crippen LogP contribution is 2.24. The van der Waals surface area contributed by atoms with Gasteiger partial charge in [-0.1, -0.05) is 29.8 Å². The summed E-state index contributed by atoms with van der Waals surface area (Å²) in [4.78, 5) is 16.5. The highest BCUT2D eigenvalue weighted by Gasteiger charge is 2.11. The van der Waals surface area contributed by atoms with Crippen molar-refractivity contribution in [3.63, 3.8) is 0 Å². The summed E-state index contributed by atoms with van der Waals surface area (Å²) in [6, 6.07) is 12.1. The molecular weight excluding hydrogens is 337 g/mol. The van der Waals surface area contributed by atoms with Crippen LogP contribution in [0.15, 0.2) is 47.8 Å². The van der Waals surface area contributed by atoms with Gasteiger partial charge in [-0.3, -0.25) is 4.79 Å². The maximum absolute atomic E-state index is 12.9. The van der Waals surface area contributed by atoms with Gasteiger partial charge in [0.05, 0.1) is 0 Å². The molecule has 1 amide bonds. The van der Waals surface area contributed by atoms with Gasteiger partial charge >= 0.3 is 0 Å². The Balaban J connectivity index is 1.62. The van der Waals surface area contributed by atoms with E-state index in [2.05, 4.69) is 21.7 Å². The van der Waals surface area contributed by atoms with Crippen molar-refractivity contribution in [3.8, 4) is 0 Å². The number of aryl methyl sites for hydroxylation is 2. The fourth-order valence-electron chi connectivity index (χ4n) is 2.38. The topological polar surface area (TPSA) is 54.0 Å². The summed E-state index contributed by atoms with van der Waals surface area (Å²) >= 11 is 1.38. The number of nitrogens with zero attached hydrogens (tertiary/aromatic N) is 1. The first kappa shape index (κ1) is 17.1. The van der Waals surface area contributed by atoms with Gasteiger partial charge in [-0.2, -0.15) is 0 Å². The Labute approximate surface area is 149 Å². The van der Waals surface area contributed by atoms with E-state index in [1.807, 2.05) is 26.0 Å². The Morgan fingerprint density at radius 2 is 1.92 bits per heavy atom. The quantitative estimate of drug-likeness (QED) is 0.705. The number of thiazole rings is 1. The van der Waals surface area contributed by atoms with Gasteiger partial charge in [0.15, 0.2) is 5.13 Å². The third kappa shape index (κ3) is 4.42. The Kier molecular flexibility index (Phi) is 5.09. The molecule has 0 saturated carbocycles. The van der Waals surface area contributed by atoms with Gasteiger partial charge in [-0.05, 0) is 43.2 Å². The highest BCUT2D eigenvalue weighted by molar-refractivity contribution is 7.14. The molecule has 1 heterocycles. The van der Waals surface area contributed by atoms with Crippen molar-refractivity contribution in [2.24, 2.45) is 0 Å². The van der Waals surface area contributed by atoms with Crippen LogP contribution in [-0.4, -0.2) is 10.9 Å². The molecule has 4 nitrogen and oxygen atoms in total. The third-order valence-electron chi connectivity index (χ3n) is 3.73. The monoisotopic (exact) mass is 355 g/mol. The van der Waals surface area contributed by atoms with Gasteiger partial charge in [-0.15, -0.1) is 11.3 Å². The SMILES string of the molecule is Cc1ccc(Nc2nc(C(=O)NCc3ccc(F)cc3)cs2)c(C)c1. The molecule has 3 aromatic rings. The smallest absolute Gasteiger partial charge is 0.271 e. The second kappa shape index (κ2) is 7.44. The largest absolute Gasteiger partial charge is 0.347 e. The molecule has 25 heavy (non-hydrogen) atoms. The van der Waals surface area contributed by atoms with E-state index in [9.17, 15) is 9.18 Å². The third-order valence-corrected chi connectivity index (χ3v) is 4.48. The number of hydrogen-bond donors (Lipinski definition) is 2. The van der Waals surface area contributed by atoms with Crippen molar-refractivity contribution in [2.75, 3.05) is 5.32 Å². The molecule has 3 rings (SSSR count). The van der Waals surface area contributed by atoms with E-state index in [4.69, 9.17) is 0 Å². The Bertz CT molecular complexity index is 890. The van der Waals surface area contributed by atoms with E-state index in [1.165, 1.54) is 29.0 Å². The average Bonchev–Trinajstić information content (AvgIpc) is 3.05. The lowest BCUT2D eigenvalue weighted by Crippen LogP contribution is -2.23. The minimum atomic E-state index is -0.295. The van der Waals surface area contributed by atoms with Crippen LogP contribution in [0.1, 0.15) is 27.2 Å². The molecular formula is C19H18FN3OS. The van der Waals surface area contributed by atoms with Crippen molar-refractivity contribution in [1.82, 2.24) is 10.3 Å². The molecule has 0 atom stereocenters. The van der Waals surface area contributed by atoms with E-state index in [1.54, 1.807) is 17.5 Å². The predicted molar refractivity (Wildman–Crippen MR) is 98.9 cm³/mol. The second-order valence-electron chi connectivity index (χ2n) is 5.79. The number of nitrogens with one attached hydrogen (secondary N) is 2. The van der Waals surface area contributed by atoms with Crippen LogP contribution in [0.2, 0.25) is 0 Å². The van der Waals surface area contributed by atoms with Gasteiger partial charge in [-0.25, -0.2) is 9.37 Å². The summed E-state index contributed by atoms with van der Waals surface area (Å²) in [7, 11) is 0. The molecule has 6 heteroatoms. The molecule has 2 N–H and O–H groups in total. The van der Waals surface area contributed by atoms with E-state index in [0.29, 0.717) is 17.4 Å². The first-order valence-electron chi connectivity index (χ1n) is 7.84. The first-order chi connectivity index (χ1) is 12.0. The molecule has 0 aliphatic heterocycles. The van der Waals surface area contributed by atoms with E-state index >= 15 is 0 Å². The molecule has 0 unspecified atom stereocenters. The van der Waals surface area contributed by atoms with Crippen LogP contribution in [0, 0.1) is 19.7 Å². The lowest BCUT2D eigenvalue weighted by Gasteiger charge is -2.07. The number of benzene rings is 2. The van der Waals surface area contributed by atoms with Crippen LogP contribution in [0.3, 0.4) is 0 Å². The molecule has 0 fully saturated rings. The lowest BCUT2D eigenvalue weighted by molar-refractivity contribution is 0.0946. The van der Waals surface area contributed by atoms with Gasteiger partial charge < -0.3 is 10.6 Å². The molecule has 0 aliphatic rings. The van der Waals surface area contributed by atoms with Crippen LogP contribution in [0.4, 0.5) is 15.2 Å². The van der Waals surface area contributed by atoms with E-state index in [-0.39, 0.29) is 11.7 Å². The van der Waals surface area contributed by atoms with Gasteiger partial charge in [0, 0.05) is 17.6 Å². The molecule has 0 saturated heterocycles. The molecule has 2 aromatic carbocycles. The minimum Gasteiger partial charge on any atom is -0.347 e. The number of hydrogen-bond acceptors (Lipinski definition) is 4. The van der Waals surface area contributed by atoms with Crippen molar-refractivity contribution in [1.29, 1.82) is 0 Å². The number of halogens is 1. The molecule has 0 bridgehead atoms. The van der Waals surface area contributed by atoms with Gasteiger partial charge in [0.2, 0.25) is 0 Å². The van der Waals surface area contributed by atoms with Gasteiger partial charge in [0.25, 0.3) is 5.91 Å². The van der Waals surface area contributed by atoms with Crippen LogP contribution in [0.25, 0.3) is 0 Å². The minimum absolute atomic E-state index is 0.255. The predicted octanol–water partition coefficient (Wildman–Crippen LogP) is 4.57. The summed E-state index contributed by atoms with van der Waals surface area (Å²) < 4.78 is 12.9. The van der Waals surface area contributed by atoms with Crippen LogP contribution in [-0.2, 0) is 6.54 Å². The number of anilines is 2. The first-order valence-corrected chi connectivity index (χ1v) is 8.71. The summed E-state index contributed by atoms with van der Waals surface area (Å²) in [5.41, 5.74) is 4.48. The number of rotatable bonds is 5. The molecule has 128 valence electrons. The van der Waals surface area contributed by atoms with Crippen LogP contribution < -0.4 is 10.6 Å². The molecule has 1 aromatic heterocycles. The van der Waals surface area contributed by atoms with Crippen molar-refractivity contribution in [3.05, 3.63) is 76.0 Å². The highest BCUT2D eigenvalue weighted by atomic mass is 32.1. The Morgan fingerprint density at radius 3 is 2.64 bits per heavy atom. The zero-order valence-electron chi connectivity index (χ0n) is 14.0. The fourth-order valence-corrected chi connectivity index (χ4v) is 3.08. The normalized spacial score (nSPS) is 10.5. The van der Waals surface area contributed by atoms with Crippen LogP contribution in [0.5, 0.6) is 0 Å².